The van der Waals surface area contributed by atoms with Crippen LogP contribution in [0.25, 0.3) is 0 Å². The van der Waals surface area contributed by atoms with Crippen molar-refractivity contribution in [2.24, 2.45) is 5.41 Å². The first kappa shape index (κ1) is 13.1. The topological polar surface area (TPSA) is 33.1 Å². The maximum absolute atomic E-state index is 4.52. The second kappa shape index (κ2) is 5.63. The van der Waals surface area contributed by atoms with Gasteiger partial charge in [-0.2, -0.15) is 0 Å². The maximum atomic E-state index is 4.52. The first-order chi connectivity index (χ1) is 9.31. The highest BCUT2D eigenvalue weighted by molar-refractivity contribution is 4.96. The van der Waals surface area contributed by atoms with Crippen molar-refractivity contribution >= 4 is 0 Å². The van der Waals surface area contributed by atoms with Gasteiger partial charge in [0.2, 0.25) is 0 Å². The monoisotopic (exact) mass is 262 g/mol. The van der Waals surface area contributed by atoms with Crippen molar-refractivity contribution in [3.63, 3.8) is 0 Å². The summed E-state index contributed by atoms with van der Waals surface area (Å²) in [6, 6.07) is 0. The van der Waals surface area contributed by atoms with E-state index in [-0.39, 0.29) is 0 Å². The van der Waals surface area contributed by atoms with Crippen molar-refractivity contribution in [3.8, 4) is 0 Å². The van der Waals surface area contributed by atoms with E-state index in [9.17, 15) is 0 Å². The molecule has 1 aromatic rings. The van der Waals surface area contributed by atoms with E-state index in [0.717, 1.165) is 13.1 Å². The maximum Gasteiger partial charge on any atom is 0.122 e. The Kier molecular flexibility index (Phi) is 3.89. The fourth-order valence-electron chi connectivity index (χ4n) is 3.80. The van der Waals surface area contributed by atoms with Crippen LogP contribution in [0.1, 0.15) is 38.4 Å². The molecule has 1 atom stereocenters. The van der Waals surface area contributed by atoms with Gasteiger partial charge in [0.15, 0.2) is 0 Å². The van der Waals surface area contributed by atoms with E-state index in [1.807, 2.05) is 6.20 Å². The Morgan fingerprint density at radius 3 is 3.05 bits per heavy atom. The molecule has 0 aliphatic carbocycles. The number of imidazole rings is 1. The van der Waals surface area contributed by atoms with Gasteiger partial charge in [0.25, 0.3) is 0 Å². The van der Waals surface area contributed by atoms with Crippen LogP contribution in [0.15, 0.2) is 12.4 Å². The average molecular weight is 262 g/mol. The molecule has 0 bridgehead atoms. The highest BCUT2D eigenvalue weighted by Gasteiger charge is 2.36. The normalized spacial score (nSPS) is 28.9. The molecule has 0 saturated carbocycles. The van der Waals surface area contributed by atoms with Crippen molar-refractivity contribution in [1.82, 2.24) is 19.8 Å². The third-order valence-electron chi connectivity index (χ3n) is 4.81. The number of piperidine rings is 2. The van der Waals surface area contributed by atoms with Gasteiger partial charge in [0, 0.05) is 32.0 Å². The Bertz CT molecular complexity index is 401. The quantitative estimate of drug-likeness (QED) is 0.903. The smallest absolute Gasteiger partial charge is 0.122 e. The van der Waals surface area contributed by atoms with Gasteiger partial charge >= 0.3 is 0 Å². The molecule has 0 radical (unpaired) electrons. The van der Waals surface area contributed by atoms with Crippen LogP contribution in [-0.4, -0.2) is 40.6 Å². The van der Waals surface area contributed by atoms with Crippen LogP contribution in [0.2, 0.25) is 0 Å². The molecule has 0 aromatic carbocycles. The van der Waals surface area contributed by atoms with Crippen LogP contribution in [0.4, 0.5) is 0 Å². The molecule has 1 N–H and O–H groups in total. The number of hydrogen-bond acceptors (Lipinski definition) is 3. The number of rotatable bonds is 3. The predicted octanol–water partition coefficient (Wildman–Crippen LogP) is 1.87. The van der Waals surface area contributed by atoms with Gasteiger partial charge in [-0.15, -0.1) is 0 Å². The zero-order chi connectivity index (χ0) is 13.1. The van der Waals surface area contributed by atoms with E-state index in [1.165, 1.54) is 57.7 Å². The second-order valence-electron chi connectivity index (χ2n) is 6.22. The summed E-state index contributed by atoms with van der Waals surface area (Å²) in [7, 11) is 0. The van der Waals surface area contributed by atoms with E-state index in [4.69, 9.17) is 0 Å². The molecule has 2 aliphatic rings. The first-order valence-corrected chi connectivity index (χ1v) is 7.74. The average Bonchev–Trinajstić information content (AvgIpc) is 2.87. The van der Waals surface area contributed by atoms with Gasteiger partial charge in [-0.25, -0.2) is 4.98 Å². The molecule has 2 fully saturated rings. The van der Waals surface area contributed by atoms with Gasteiger partial charge in [0.1, 0.15) is 5.82 Å². The number of nitrogens with zero attached hydrogens (tertiary/aromatic N) is 3. The minimum absolute atomic E-state index is 0.542. The first-order valence-electron chi connectivity index (χ1n) is 7.74. The van der Waals surface area contributed by atoms with Crippen LogP contribution >= 0.6 is 0 Å². The molecule has 0 amide bonds. The molecule has 19 heavy (non-hydrogen) atoms. The zero-order valence-corrected chi connectivity index (χ0v) is 12.1. The lowest BCUT2D eigenvalue weighted by Crippen LogP contribution is -2.50. The molecule has 2 aliphatic heterocycles. The fraction of sp³-hybridized carbons (Fsp3) is 0.800. The van der Waals surface area contributed by atoms with Crippen molar-refractivity contribution < 1.29 is 0 Å². The predicted molar refractivity (Wildman–Crippen MR) is 76.9 cm³/mol. The lowest BCUT2D eigenvalue weighted by Gasteiger charge is -2.45. The second-order valence-corrected chi connectivity index (χ2v) is 6.22. The number of aryl methyl sites for hydroxylation is 1. The molecule has 4 heteroatoms. The minimum atomic E-state index is 0.542. The van der Waals surface area contributed by atoms with E-state index >= 15 is 0 Å². The van der Waals surface area contributed by atoms with Crippen molar-refractivity contribution in [2.45, 2.75) is 45.7 Å². The molecular weight excluding hydrogens is 236 g/mol. The summed E-state index contributed by atoms with van der Waals surface area (Å²) in [6.07, 6.45) is 9.52. The van der Waals surface area contributed by atoms with Gasteiger partial charge < -0.3 is 9.88 Å². The van der Waals surface area contributed by atoms with E-state index in [1.54, 1.807) is 0 Å². The van der Waals surface area contributed by atoms with Crippen LogP contribution in [0.3, 0.4) is 0 Å². The minimum Gasteiger partial charge on any atom is -0.334 e. The molecule has 2 saturated heterocycles. The van der Waals surface area contributed by atoms with Crippen molar-refractivity contribution in [3.05, 3.63) is 18.2 Å². The SMILES string of the molecule is CCn1ccnc1CN1CCCC2(CCCNC2)C1. The lowest BCUT2D eigenvalue weighted by atomic mass is 9.74. The lowest BCUT2D eigenvalue weighted by molar-refractivity contribution is 0.0579. The van der Waals surface area contributed by atoms with E-state index in [0.29, 0.717) is 5.41 Å². The number of hydrogen-bond donors (Lipinski definition) is 1. The summed E-state index contributed by atoms with van der Waals surface area (Å²) in [5, 5.41) is 3.60. The van der Waals surface area contributed by atoms with E-state index in [2.05, 4.69) is 32.9 Å². The molecule has 1 unspecified atom stereocenters. The fourth-order valence-corrected chi connectivity index (χ4v) is 3.80. The highest BCUT2D eigenvalue weighted by Crippen LogP contribution is 2.36. The zero-order valence-electron chi connectivity index (χ0n) is 12.1. The van der Waals surface area contributed by atoms with Gasteiger partial charge in [-0.3, -0.25) is 4.90 Å². The molecular formula is C15H26N4. The third-order valence-corrected chi connectivity index (χ3v) is 4.81. The Morgan fingerprint density at radius 2 is 2.26 bits per heavy atom. The largest absolute Gasteiger partial charge is 0.334 e. The Hall–Kier alpha value is -0.870. The van der Waals surface area contributed by atoms with Crippen LogP contribution in [-0.2, 0) is 13.1 Å². The summed E-state index contributed by atoms with van der Waals surface area (Å²) in [5.41, 5.74) is 0.542. The standard InChI is InChI=1S/C15H26N4/c1-2-19-10-8-17-14(19)11-18-9-4-6-15(13-18)5-3-7-16-12-15/h8,10,16H,2-7,9,11-13H2,1H3. The summed E-state index contributed by atoms with van der Waals surface area (Å²) in [6.45, 7) is 9.13. The van der Waals surface area contributed by atoms with Crippen LogP contribution in [0.5, 0.6) is 0 Å². The molecule has 106 valence electrons. The van der Waals surface area contributed by atoms with Crippen LogP contribution < -0.4 is 5.32 Å². The summed E-state index contributed by atoms with van der Waals surface area (Å²) in [5.74, 6) is 1.23. The van der Waals surface area contributed by atoms with Gasteiger partial charge in [-0.05, 0) is 51.1 Å². The number of aromatic nitrogens is 2. The summed E-state index contributed by atoms with van der Waals surface area (Å²) >= 11 is 0. The van der Waals surface area contributed by atoms with Crippen molar-refractivity contribution in [2.75, 3.05) is 26.2 Å². The number of likely N-dealkylation sites (tertiary alicyclic amines) is 1. The van der Waals surface area contributed by atoms with Crippen molar-refractivity contribution in [1.29, 1.82) is 0 Å². The third kappa shape index (κ3) is 2.84. The summed E-state index contributed by atoms with van der Waals surface area (Å²) < 4.78 is 2.26. The van der Waals surface area contributed by atoms with Gasteiger partial charge in [-0.1, -0.05) is 0 Å². The molecule has 4 nitrogen and oxygen atoms in total. The Labute approximate surface area is 116 Å². The van der Waals surface area contributed by atoms with Gasteiger partial charge in [0.05, 0.1) is 6.54 Å². The molecule has 3 heterocycles. The summed E-state index contributed by atoms with van der Waals surface area (Å²) in [4.78, 5) is 7.14. The molecule has 1 aromatic heterocycles. The Balaban J connectivity index is 1.65. The highest BCUT2D eigenvalue weighted by atomic mass is 15.2. The molecule has 1 spiro atoms. The Morgan fingerprint density at radius 1 is 1.37 bits per heavy atom. The van der Waals surface area contributed by atoms with E-state index < -0.39 is 0 Å². The number of nitrogens with one attached hydrogen (secondary N) is 1. The molecule has 3 rings (SSSR count). The van der Waals surface area contributed by atoms with Crippen LogP contribution in [0, 0.1) is 5.41 Å².